The van der Waals surface area contributed by atoms with Crippen molar-refractivity contribution in [2.24, 2.45) is 5.73 Å². The molecule has 0 radical (unpaired) electrons. The molecular formula is C26H34N4O6. The van der Waals surface area contributed by atoms with Gasteiger partial charge in [-0.1, -0.05) is 6.42 Å². The molecule has 1 aliphatic carbocycles. The Hall–Kier alpha value is -3.14. The quantitative estimate of drug-likeness (QED) is 0.550. The van der Waals surface area contributed by atoms with E-state index in [2.05, 4.69) is 10.2 Å². The van der Waals surface area contributed by atoms with Gasteiger partial charge in [-0.25, -0.2) is 4.79 Å². The number of rotatable bonds is 7. The van der Waals surface area contributed by atoms with Gasteiger partial charge >= 0.3 is 6.09 Å². The van der Waals surface area contributed by atoms with Crippen molar-refractivity contribution >= 4 is 23.8 Å². The number of carbonyl (C=O) groups is 4. The molecule has 3 N–H and O–H groups in total. The molecule has 36 heavy (non-hydrogen) atoms. The molecule has 10 nitrogen and oxygen atoms in total. The van der Waals surface area contributed by atoms with Crippen LogP contribution in [0.5, 0.6) is 5.75 Å². The molecule has 1 aromatic carbocycles. The van der Waals surface area contributed by atoms with Gasteiger partial charge in [0, 0.05) is 31.1 Å². The number of piperidine rings is 2. The van der Waals surface area contributed by atoms with Crippen LogP contribution in [-0.4, -0.2) is 71.0 Å². The van der Waals surface area contributed by atoms with Crippen molar-refractivity contribution in [3.05, 3.63) is 29.3 Å². The van der Waals surface area contributed by atoms with E-state index in [1.807, 2.05) is 6.07 Å². The van der Waals surface area contributed by atoms with Crippen molar-refractivity contribution in [3.8, 4) is 5.75 Å². The third-order valence-corrected chi connectivity index (χ3v) is 8.01. The van der Waals surface area contributed by atoms with Gasteiger partial charge < -0.3 is 20.1 Å². The molecule has 0 bridgehead atoms. The predicted octanol–water partition coefficient (Wildman–Crippen LogP) is 2.09. The summed E-state index contributed by atoms with van der Waals surface area (Å²) >= 11 is 0. The van der Waals surface area contributed by atoms with Crippen LogP contribution in [0.3, 0.4) is 0 Å². The van der Waals surface area contributed by atoms with Crippen LogP contribution in [0.25, 0.3) is 0 Å². The minimum Gasteiger partial charge on any atom is -0.492 e. The van der Waals surface area contributed by atoms with Crippen LogP contribution >= 0.6 is 0 Å². The lowest BCUT2D eigenvalue weighted by Crippen LogP contribution is -2.52. The fraction of sp³-hybridized carbons (Fsp3) is 0.615. The van der Waals surface area contributed by atoms with Gasteiger partial charge in [-0.05, 0) is 75.3 Å². The number of primary amides is 1. The van der Waals surface area contributed by atoms with Gasteiger partial charge in [-0.3, -0.25) is 24.6 Å². The van der Waals surface area contributed by atoms with Gasteiger partial charge in [0.15, 0.2) is 0 Å². The molecule has 1 unspecified atom stereocenters. The van der Waals surface area contributed by atoms with Crippen LogP contribution in [0.15, 0.2) is 18.2 Å². The van der Waals surface area contributed by atoms with E-state index in [4.69, 9.17) is 15.2 Å². The Labute approximate surface area is 210 Å². The standard InChI is InChI=1S/C26H34N4O6/c27-25(34)36-26(10-2-3-11-26)16-29-12-4-1-5-18(29)15-35-19-6-7-20-17(13-19)14-30(24(20)33)21-8-9-22(31)28-23(21)32/h6-7,13,18,21H,1-5,8-12,14-16H2,(H2,27,34)(H,28,31,32)/t18-,21?/m1/s1. The van der Waals surface area contributed by atoms with Crippen LogP contribution in [0, 0.1) is 0 Å². The van der Waals surface area contributed by atoms with Crippen molar-refractivity contribution in [2.75, 3.05) is 19.7 Å². The molecule has 194 valence electrons. The zero-order valence-electron chi connectivity index (χ0n) is 20.5. The van der Waals surface area contributed by atoms with E-state index in [9.17, 15) is 19.2 Å². The summed E-state index contributed by atoms with van der Waals surface area (Å²) in [5.74, 6) is -0.225. The first-order valence-electron chi connectivity index (χ1n) is 13.0. The normalized spacial score (nSPS) is 26.0. The molecule has 3 aliphatic heterocycles. The molecule has 4 amide bonds. The second kappa shape index (κ2) is 10.1. The highest BCUT2D eigenvalue weighted by Gasteiger charge is 2.41. The summed E-state index contributed by atoms with van der Waals surface area (Å²) in [5, 5.41) is 2.33. The maximum atomic E-state index is 12.9. The molecular weight excluding hydrogens is 464 g/mol. The first-order valence-corrected chi connectivity index (χ1v) is 13.0. The number of imide groups is 1. The zero-order chi connectivity index (χ0) is 25.3. The zero-order valence-corrected chi connectivity index (χ0v) is 20.5. The number of carbonyl (C=O) groups excluding carboxylic acids is 4. The minimum atomic E-state index is -0.708. The van der Waals surface area contributed by atoms with Crippen LogP contribution < -0.4 is 15.8 Å². The number of likely N-dealkylation sites (tertiary alicyclic amines) is 1. The fourth-order valence-electron chi connectivity index (χ4n) is 6.19. The smallest absolute Gasteiger partial charge is 0.405 e. The van der Waals surface area contributed by atoms with E-state index in [0.29, 0.717) is 37.4 Å². The molecule has 4 aliphatic rings. The third-order valence-electron chi connectivity index (χ3n) is 8.01. The van der Waals surface area contributed by atoms with Crippen molar-refractivity contribution in [1.29, 1.82) is 0 Å². The van der Waals surface area contributed by atoms with E-state index < -0.39 is 23.6 Å². The number of amides is 4. The van der Waals surface area contributed by atoms with Crippen molar-refractivity contribution in [1.82, 2.24) is 15.1 Å². The number of nitrogens with two attached hydrogens (primary N) is 1. The number of fused-ring (bicyclic) bond motifs is 1. The summed E-state index contributed by atoms with van der Waals surface area (Å²) in [6, 6.07) is 5.00. The number of hydrogen-bond acceptors (Lipinski definition) is 7. The molecule has 5 rings (SSSR count). The summed E-state index contributed by atoms with van der Waals surface area (Å²) in [7, 11) is 0. The van der Waals surface area contributed by atoms with Gasteiger partial charge in [-0.15, -0.1) is 0 Å². The summed E-state index contributed by atoms with van der Waals surface area (Å²) < 4.78 is 11.8. The topological polar surface area (TPSA) is 131 Å². The van der Waals surface area contributed by atoms with Crippen LogP contribution in [-0.2, 0) is 20.9 Å². The second-order valence-corrected chi connectivity index (χ2v) is 10.5. The first kappa shape index (κ1) is 24.5. The highest BCUT2D eigenvalue weighted by Crippen LogP contribution is 2.36. The Kier molecular flexibility index (Phi) is 6.87. The molecule has 1 aromatic rings. The van der Waals surface area contributed by atoms with Crippen LogP contribution in [0.4, 0.5) is 4.79 Å². The average molecular weight is 499 g/mol. The number of nitrogens with zero attached hydrogens (tertiary/aromatic N) is 2. The maximum absolute atomic E-state index is 12.9. The Morgan fingerprint density at radius 1 is 1.11 bits per heavy atom. The summed E-state index contributed by atoms with van der Waals surface area (Å²) in [6.07, 6.45) is 6.82. The molecule has 2 atom stereocenters. The number of ether oxygens (including phenoxy) is 2. The number of benzene rings is 1. The van der Waals surface area contributed by atoms with Crippen LogP contribution in [0.2, 0.25) is 0 Å². The Morgan fingerprint density at radius 2 is 1.92 bits per heavy atom. The summed E-state index contributed by atoms with van der Waals surface area (Å²) in [6.45, 7) is 2.41. The Morgan fingerprint density at radius 3 is 2.67 bits per heavy atom. The number of hydrogen-bond donors (Lipinski definition) is 2. The number of nitrogens with one attached hydrogen (secondary N) is 1. The first-order chi connectivity index (χ1) is 17.3. The van der Waals surface area contributed by atoms with Crippen LogP contribution in [0.1, 0.15) is 73.7 Å². The molecule has 10 heteroatoms. The lowest BCUT2D eigenvalue weighted by Gasteiger charge is -2.41. The van der Waals surface area contributed by atoms with Gasteiger partial charge in [0.1, 0.15) is 24.0 Å². The summed E-state index contributed by atoms with van der Waals surface area (Å²) in [4.78, 5) is 52.2. The van der Waals surface area contributed by atoms with Crippen molar-refractivity contribution < 1.29 is 28.7 Å². The highest BCUT2D eigenvalue weighted by molar-refractivity contribution is 6.05. The lowest BCUT2D eigenvalue weighted by molar-refractivity contribution is -0.136. The second-order valence-electron chi connectivity index (χ2n) is 10.5. The molecule has 0 spiro atoms. The Bertz CT molecular complexity index is 1050. The van der Waals surface area contributed by atoms with Crippen molar-refractivity contribution in [3.63, 3.8) is 0 Å². The lowest BCUT2D eigenvalue weighted by atomic mass is 9.96. The fourth-order valence-corrected chi connectivity index (χ4v) is 6.19. The molecule has 1 saturated carbocycles. The predicted molar refractivity (Wildman–Crippen MR) is 129 cm³/mol. The van der Waals surface area contributed by atoms with Gasteiger partial charge in [0.25, 0.3) is 5.91 Å². The maximum Gasteiger partial charge on any atom is 0.405 e. The van der Waals surface area contributed by atoms with Gasteiger partial charge in [0.05, 0.1) is 0 Å². The third kappa shape index (κ3) is 5.04. The van der Waals surface area contributed by atoms with E-state index in [-0.39, 0.29) is 24.3 Å². The SMILES string of the molecule is NC(=O)OC1(CN2CCCC[C@@H]2COc2ccc3c(c2)CN(C2CCC(=O)NC2=O)C3=O)CCCC1. The van der Waals surface area contributed by atoms with E-state index in [0.717, 1.165) is 57.1 Å². The van der Waals surface area contributed by atoms with Gasteiger partial charge in [-0.2, -0.15) is 0 Å². The Balaban J connectivity index is 1.22. The molecule has 2 saturated heterocycles. The van der Waals surface area contributed by atoms with E-state index in [1.54, 1.807) is 17.0 Å². The average Bonchev–Trinajstić information content (AvgIpc) is 3.42. The van der Waals surface area contributed by atoms with E-state index >= 15 is 0 Å². The highest BCUT2D eigenvalue weighted by atomic mass is 16.6. The summed E-state index contributed by atoms with van der Waals surface area (Å²) in [5.41, 5.74) is 6.27. The van der Waals surface area contributed by atoms with Crippen molar-refractivity contribution in [2.45, 2.75) is 82.0 Å². The van der Waals surface area contributed by atoms with Gasteiger partial charge in [0.2, 0.25) is 11.8 Å². The monoisotopic (exact) mass is 498 g/mol. The molecule has 0 aromatic heterocycles. The molecule has 3 heterocycles. The largest absolute Gasteiger partial charge is 0.492 e. The molecule has 3 fully saturated rings. The van der Waals surface area contributed by atoms with E-state index in [1.165, 1.54) is 0 Å². The minimum absolute atomic E-state index is 0.194.